The lowest BCUT2D eigenvalue weighted by molar-refractivity contribution is 0.00625. The van der Waals surface area contributed by atoms with Gasteiger partial charge in [0.2, 0.25) is 0 Å². The fourth-order valence-electron chi connectivity index (χ4n) is 1.46. The summed E-state index contributed by atoms with van der Waals surface area (Å²) in [6.07, 6.45) is -0.643. The second-order valence-electron chi connectivity index (χ2n) is 4.01. The molecule has 1 atom stereocenters. The molecule has 1 unspecified atom stereocenters. The van der Waals surface area contributed by atoms with E-state index in [1.54, 1.807) is 35.6 Å². The van der Waals surface area contributed by atoms with E-state index in [9.17, 15) is 5.11 Å². The first-order valence-corrected chi connectivity index (χ1v) is 7.16. The van der Waals surface area contributed by atoms with Crippen molar-refractivity contribution in [3.8, 4) is 5.75 Å². The first kappa shape index (κ1) is 14.3. The van der Waals surface area contributed by atoms with Gasteiger partial charge in [0.05, 0.1) is 13.2 Å². The SMILES string of the molecule is OC(COCc1cccs1)COc1ccc(Cl)cc1. The van der Waals surface area contributed by atoms with Crippen LogP contribution in [0.5, 0.6) is 5.75 Å². The van der Waals surface area contributed by atoms with Crippen LogP contribution in [0.4, 0.5) is 0 Å². The number of aliphatic hydroxyl groups excluding tert-OH is 1. The molecule has 0 spiro atoms. The minimum atomic E-state index is -0.643. The molecule has 5 heteroatoms. The molecule has 19 heavy (non-hydrogen) atoms. The van der Waals surface area contributed by atoms with Crippen LogP contribution < -0.4 is 4.74 Å². The summed E-state index contributed by atoms with van der Waals surface area (Å²) in [7, 11) is 0. The number of benzene rings is 1. The average molecular weight is 299 g/mol. The number of halogens is 1. The van der Waals surface area contributed by atoms with E-state index in [-0.39, 0.29) is 13.2 Å². The number of aliphatic hydroxyl groups is 1. The van der Waals surface area contributed by atoms with Crippen molar-refractivity contribution in [1.29, 1.82) is 0 Å². The lowest BCUT2D eigenvalue weighted by Gasteiger charge is -2.12. The van der Waals surface area contributed by atoms with Crippen molar-refractivity contribution in [2.45, 2.75) is 12.7 Å². The van der Waals surface area contributed by atoms with E-state index in [0.717, 1.165) is 4.88 Å². The highest BCUT2D eigenvalue weighted by atomic mass is 35.5. The van der Waals surface area contributed by atoms with E-state index in [1.165, 1.54) is 0 Å². The maximum atomic E-state index is 9.72. The Balaban J connectivity index is 1.64. The highest BCUT2D eigenvalue weighted by Crippen LogP contribution is 2.15. The zero-order valence-electron chi connectivity index (χ0n) is 10.3. The molecule has 102 valence electrons. The van der Waals surface area contributed by atoms with Gasteiger partial charge in [-0.25, -0.2) is 0 Å². The van der Waals surface area contributed by atoms with Gasteiger partial charge in [0.25, 0.3) is 0 Å². The topological polar surface area (TPSA) is 38.7 Å². The maximum Gasteiger partial charge on any atom is 0.119 e. The van der Waals surface area contributed by atoms with E-state index in [0.29, 0.717) is 17.4 Å². The van der Waals surface area contributed by atoms with Crippen LogP contribution in [-0.2, 0) is 11.3 Å². The van der Waals surface area contributed by atoms with Crippen LogP contribution in [0.25, 0.3) is 0 Å². The molecule has 0 fully saturated rings. The molecule has 1 heterocycles. The predicted octanol–water partition coefficient (Wildman–Crippen LogP) is 3.36. The van der Waals surface area contributed by atoms with Gasteiger partial charge in [0, 0.05) is 9.90 Å². The molecule has 0 amide bonds. The summed E-state index contributed by atoms with van der Waals surface area (Å²) in [6, 6.07) is 11.0. The van der Waals surface area contributed by atoms with Crippen LogP contribution in [-0.4, -0.2) is 24.4 Å². The second kappa shape index (κ2) is 7.50. The molecular weight excluding hydrogens is 284 g/mol. The predicted molar refractivity (Wildman–Crippen MR) is 76.9 cm³/mol. The molecule has 0 aliphatic rings. The summed E-state index contributed by atoms with van der Waals surface area (Å²) in [6.45, 7) is 0.979. The standard InChI is InChI=1S/C14H15ClO3S/c15-11-3-5-13(6-4-11)18-9-12(16)8-17-10-14-2-1-7-19-14/h1-7,12,16H,8-10H2. The number of hydrogen-bond donors (Lipinski definition) is 1. The zero-order valence-corrected chi connectivity index (χ0v) is 11.9. The molecular formula is C14H15ClO3S. The monoisotopic (exact) mass is 298 g/mol. The summed E-state index contributed by atoms with van der Waals surface area (Å²) < 4.78 is 10.8. The third-order valence-electron chi connectivity index (χ3n) is 2.39. The summed E-state index contributed by atoms with van der Waals surface area (Å²) in [5.74, 6) is 0.682. The Hall–Kier alpha value is -1.07. The van der Waals surface area contributed by atoms with Gasteiger partial charge in [0.1, 0.15) is 18.5 Å². The Bertz CT molecular complexity index is 470. The van der Waals surface area contributed by atoms with Gasteiger partial charge >= 0.3 is 0 Å². The van der Waals surface area contributed by atoms with E-state index in [4.69, 9.17) is 21.1 Å². The molecule has 0 saturated carbocycles. The van der Waals surface area contributed by atoms with E-state index in [1.807, 2.05) is 17.5 Å². The average Bonchev–Trinajstić information content (AvgIpc) is 2.91. The Labute approximate surface area is 121 Å². The lowest BCUT2D eigenvalue weighted by Crippen LogP contribution is -2.23. The molecule has 0 aliphatic carbocycles. The zero-order chi connectivity index (χ0) is 13.5. The van der Waals surface area contributed by atoms with Gasteiger partial charge in [-0.05, 0) is 35.7 Å². The molecule has 1 aromatic carbocycles. The van der Waals surface area contributed by atoms with Gasteiger partial charge in [-0.3, -0.25) is 0 Å². The van der Waals surface area contributed by atoms with Crippen LogP contribution in [0.15, 0.2) is 41.8 Å². The molecule has 0 saturated heterocycles. The fourth-order valence-corrected chi connectivity index (χ4v) is 2.23. The third kappa shape index (κ3) is 5.20. The summed E-state index contributed by atoms with van der Waals surface area (Å²) in [4.78, 5) is 1.14. The highest BCUT2D eigenvalue weighted by molar-refractivity contribution is 7.09. The second-order valence-corrected chi connectivity index (χ2v) is 5.48. The summed E-state index contributed by atoms with van der Waals surface area (Å²) in [5.41, 5.74) is 0. The largest absolute Gasteiger partial charge is 0.491 e. The maximum absolute atomic E-state index is 9.72. The van der Waals surface area contributed by atoms with Crippen molar-refractivity contribution in [1.82, 2.24) is 0 Å². The van der Waals surface area contributed by atoms with Crippen molar-refractivity contribution >= 4 is 22.9 Å². The van der Waals surface area contributed by atoms with Gasteiger partial charge in [-0.2, -0.15) is 0 Å². The Morgan fingerprint density at radius 1 is 1.16 bits per heavy atom. The van der Waals surface area contributed by atoms with Crippen LogP contribution in [0.1, 0.15) is 4.88 Å². The quantitative estimate of drug-likeness (QED) is 0.852. The molecule has 1 aromatic heterocycles. The van der Waals surface area contributed by atoms with E-state index < -0.39 is 6.10 Å². The molecule has 0 aliphatic heterocycles. The first-order valence-electron chi connectivity index (χ1n) is 5.90. The number of rotatable bonds is 7. The molecule has 2 rings (SSSR count). The Kier molecular flexibility index (Phi) is 5.66. The van der Waals surface area contributed by atoms with Gasteiger partial charge in [-0.1, -0.05) is 17.7 Å². The van der Waals surface area contributed by atoms with Crippen molar-refractivity contribution in [3.63, 3.8) is 0 Å². The Morgan fingerprint density at radius 2 is 1.95 bits per heavy atom. The van der Waals surface area contributed by atoms with E-state index in [2.05, 4.69) is 0 Å². The lowest BCUT2D eigenvalue weighted by atomic mass is 10.3. The molecule has 1 N–H and O–H groups in total. The normalized spacial score (nSPS) is 12.3. The van der Waals surface area contributed by atoms with Crippen LogP contribution in [0, 0.1) is 0 Å². The van der Waals surface area contributed by atoms with Crippen molar-refractivity contribution in [2.24, 2.45) is 0 Å². The minimum absolute atomic E-state index is 0.200. The number of hydrogen-bond acceptors (Lipinski definition) is 4. The smallest absolute Gasteiger partial charge is 0.119 e. The minimum Gasteiger partial charge on any atom is -0.491 e. The Morgan fingerprint density at radius 3 is 2.63 bits per heavy atom. The van der Waals surface area contributed by atoms with E-state index >= 15 is 0 Å². The van der Waals surface area contributed by atoms with Crippen LogP contribution in [0.3, 0.4) is 0 Å². The number of ether oxygens (including phenoxy) is 2. The van der Waals surface area contributed by atoms with Crippen molar-refractivity contribution in [2.75, 3.05) is 13.2 Å². The van der Waals surface area contributed by atoms with Gasteiger partial charge in [0.15, 0.2) is 0 Å². The molecule has 2 aromatic rings. The van der Waals surface area contributed by atoms with Crippen molar-refractivity contribution < 1.29 is 14.6 Å². The fraction of sp³-hybridized carbons (Fsp3) is 0.286. The summed E-state index contributed by atoms with van der Waals surface area (Å²) >= 11 is 7.40. The van der Waals surface area contributed by atoms with Crippen LogP contribution in [0.2, 0.25) is 5.02 Å². The van der Waals surface area contributed by atoms with Gasteiger partial charge in [-0.15, -0.1) is 11.3 Å². The van der Waals surface area contributed by atoms with Crippen LogP contribution >= 0.6 is 22.9 Å². The van der Waals surface area contributed by atoms with Gasteiger partial charge < -0.3 is 14.6 Å². The molecule has 3 nitrogen and oxygen atoms in total. The number of thiophene rings is 1. The molecule has 0 bridgehead atoms. The summed E-state index contributed by atoms with van der Waals surface area (Å²) in [5, 5.41) is 12.4. The first-order chi connectivity index (χ1) is 9.24. The third-order valence-corrected chi connectivity index (χ3v) is 3.49. The highest BCUT2D eigenvalue weighted by Gasteiger charge is 2.06. The van der Waals surface area contributed by atoms with Crippen molar-refractivity contribution in [3.05, 3.63) is 51.7 Å². The molecule has 0 radical (unpaired) electrons.